The van der Waals surface area contributed by atoms with Crippen LogP contribution in [0.15, 0.2) is 53.4 Å². The fourth-order valence-corrected chi connectivity index (χ4v) is 2.59. The van der Waals surface area contributed by atoms with Gasteiger partial charge in [-0.3, -0.25) is 0 Å². The zero-order valence-electron chi connectivity index (χ0n) is 12.5. The van der Waals surface area contributed by atoms with E-state index in [0.29, 0.717) is 5.56 Å². The van der Waals surface area contributed by atoms with Crippen LogP contribution < -0.4 is 4.90 Å². The number of methoxy groups -OCH3 is 1. The van der Waals surface area contributed by atoms with Crippen molar-refractivity contribution >= 4 is 23.4 Å². The smallest absolute Gasteiger partial charge is 0.339 e. The van der Waals surface area contributed by atoms with Crippen molar-refractivity contribution in [2.75, 3.05) is 25.3 Å². The topological polar surface area (TPSA) is 29.5 Å². The van der Waals surface area contributed by atoms with Gasteiger partial charge < -0.3 is 9.64 Å². The van der Waals surface area contributed by atoms with E-state index >= 15 is 0 Å². The predicted octanol–water partition coefficient (Wildman–Crippen LogP) is 3.83. The summed E-state index contributed by atoms with van der Waals surface area (Å²) in [7, 11) is 3.38. The van der Waals surface area contributed by atoms with Crippen molar-refractivity contribution in [3.63, 3.8) is 0 Å². The maximum atomic E-state index is 11.8. The third-order valence-corrected chi connectivity index (χ3v) is 4.04. The largest absolute Gasteiger partial charge is 0.465 e. The first-order valence-corrected chi connectivity index (χ1v) is 7.89. The zero-order valence-corrected chi connectivity index (χ0v) is 13.3. The van der Waals surface area contributed by atoms with E-state index in [0.717, 1.165) is 12.2 Å². The molecule has 0 saturated carbocycles. The summed E-state index contributed by atoms with van der Waals surface area (Å²) >= 11 is 1.73. The molecule has 0 radical (unpaired) electrons. The van der Waals surface area contributed by atoms with Crippen LogP contribution in [0.1, 0.15) is 15.9 Å². The maximum absolute atomic E-state index is 11.8. The van der Waals surface area contributed by atoms with E-state index in [-0.39, 0.29) is 5.97 Å². The molecule has 0 aliphatic carbocycles. The van der Waals surface area contributed by atoms with Crippen molar-refractivity contribution in [1.29, 1.82) is 0 Å². The Hall–Kier alpha value is -1.94. The van der Waals surface area contributed by atoms with Gasteiger partial charge in [0.25, 0.3) is 0 Å². The van der Waals surface area contributed by atoms with Crippen LogP contribution in [0.4, 0.5) is 5.69 Å². The monoisotopic (exact) mass is 301 g/mol. The number of ether oxygens (including phenoxy) is 1. The summed E-state index contributed by atoms with van der Waals surface area (Å²) in [5.41, 5.74) is 2.66. The lowest BCUT2D eigenvalue weighted by atomic mass is 10.1. The highest BCUT2D eigenvalue weighted by atomic mass is 32.2. The van der Waals surface area contributed by atoms with E-state index in [4.69, 9.17) is 4.74 Å². The average Bonchev–Trinajstić information content (AvgIpc) is 2.54. The standard InChI is InChI=1S/C17H19NO2S/c1-18(12-13-8-10-14(21-3)11-9-13)16-7-5-4-6-15(16)17(19)20-2/h4-11H,12H2,1-3H3. The molecule has 0 aliphatic rings. The fourth-order valence-electron chi connectivity index (χ4n) is 2.18. The van der Waals surface area contributed by atoms with Crippen molar-refractivity contribution in [1.82, 2.24) is 0 Å². The summed E-state index contributed by atoms with van der Waals surface area (Å²) in [6.07, 6.45) is 2.06. The van der Waals surface area contributed by atoms with E-state index in [1.165, 1.54) is 17.6 Å². The fraction of sp³-hybridized carbons (Fsp3) is 0.235. The Balaban J connectivity index is 2.19. The molecule has 0 heterocycles. The van der Waals surface area contributed by atoms with Crippen LogP contribution in [0, 0.1) is 0 Å². The molecule has 2 aromatic rings. The van der Waals surface area contributed by atoms with Crippen LogP contribution in [-0.4, -0.2) is 26.4 Å². The van der Waals surface area contributed by atoms with Gasteiger partial charge in [-0.25, -0.2) is 4.79 Å². The number of carbonyl (C=O) groups is 1. The summed E-state index contributed by atoms with van der Waals surface area (Å²) in [5, 5.41) is 0. The lowest BCUT2D eigenvalue weighted by Gasteiger charge is -2.21. The molecule has 2 rings (SSSR count). The van der Waals surface area contributed by atoms with Gasteiger partial charge in [-0.1, -0.05) is 24.3 Å². The molecule has 0 saturated heterocycles. The number of hydrogen-bond donors (Lipinski definition) is 0. The van der Waals surface area contributed by atoms with Gasteiger partial charge in [-0.15, -0.1) is 11.8 Å². The number of benzene rings is 2. The lowest BCUT2D eigenvalue weighted by Crippen LogP contribution is -2.19. The predicted molar refractivity (Wildman–Crippen MR) is 88.1 cm³/mol. The van der Waals surface area contributed by atoms with Gasteiger partial charge in [0.15, 0.2) is 0 Å². The SMILES string of the molecule is COC(=O)c1ccccc1N(C)Cc1ccc(SC)cc1. The highest BCUT2D eigenvalue weighted by Crippen LogP contribution is 2.22. The summed E-state index contributed by atoms with van der Waals surface area (Å²) in [6.45, 7) is 0.739. The van der Waals surface area contributed by atoms with Gasteiger partial charge in [0.05, 0.1) is 18.4 Å². The molecule has 21 heavy (non-hydrogen) atoms. The molecule has 0 fully saturated rings. The Labute approximate surface area is 129 Å². The Morgan fingerprint density at radius 3 is 2.43 bits per heavy atom. The zero-order chi connectivity index (χ0) is 15.2. The van der Waals surface area contributed by atoms with Crippen molar-refractivity contribution < 1.29 is 9.53 Å². The molecule has 0 amide bonds. The number of carbonyl (C=O) groups excluding carboxylic acids is 1. The van der Waals surface area contributed by atoms with Crippen LogP contribution >= 0.6 is 11.8 Å². The second kappa shape index (κ2) is 7.18. The highest BCUT2D eigenvalue weighted by molar-refractivity contribution is 7.98. The maximum Gasteiger partial charge on any atom is 0.339 e. The van der Waals surface area contributed by atoms with E-state index in [1.54, 1.807) is 17.8 Å². The van der Waals surface area contributed by atoms with Gasteiger partial charge in [0.1, 0.15) is 0 Å². The van der Waals surface area contributed by atoms with E-state index in [2.05, 4.69) is 35.4 Å². The molecule has 4 heteroatoms. The first kappa shape index (κ1) is 15.4. The van der Waals surface area contributed by atoms with Crippen LogP contribution in [-0.2, 0) is 11.3 Å². The van der Waals surface area contributed by atoms with Crippen molar-refractivity contribution in [2.45, 2.75) is 11.4 Å². The number of esters is 1. The van der Waals surface area contributed by atoms with Gasteiger partial charge >= 0.3 is 5.97 Å². The normalized spacial score (nSPS) is 10.2. The molecule has 3 nitrogen and oxygen atoms in total. The van der Waals surface area contributed by atoms with E-state index in [9.17, 15) is 4.79 Å². The van der Waals surface area contributed by atoms with Gasteiger partial charge in [-0.05, 0) is 36.1 Å². The minimum Gasteiger partial charge on any atom is -0.465 e. The molecule has 0 aliphatic heterocycles. The van der Waals surface area contributed by atoms with Crippen LogP contribution in [0.25, 0.3) is 0 Å². The number of thioether (sulfide) groups is 1. The minimum absolute atomic E-state index is 0.310. The molecule has 2 aromatic carbocycles. The number of nitrogens with zero attached hydrogens (tertiary/aromatic N) is 1. The molecular formula is C17H19NO2S. The van der Waals surface area contributed by atoms with Crippen molar-refractivity contribution in [2.24, 2.45) is 0 Å². The summed E-state index contributed by atoms with van der Waals surface area (Å²) in [4.78, 5) is 15.1. The number of rotatable bonds is 5. The van der Waals surface area contributed by atoms with Gasteiger partial charge in [0, 0.05) is 18.5 Å². The van der Waals surface area contributed by atoms with Crippen molar-refractivity contribution in [3.05, 3.63) is 59.7 Å². The summed E-state index contributed by atoms with van der Waals surface area (Å²) in [6, 6.07) is 15.9. The minimum atomic E-state index is -0.310. The first-order valence-electron chi connectivity index (χ1n) is 6.67. The summed E-state index contributed by atoms with van der Waals surface area (Å²) in [5.74, 6) is -0.310. The molecule has 110 valence electrons. The van der Waals surface area contributed by atoms with Crippen molar-refractivity contribution in [3.8, 4) is 0 Å². The van der Waals surface area contributed by atoms with E-state index < -0.39 is 0 Å². The number of hydrogen-bond acceptors (Lipinski definition) is 4. The van der Waals surface area contributed by atoms with E-state index in [1.807, 2.05) is 25.2 Å². The highest BCUT2D eigenvalue weighted by Gasteiger charge is 2.14. The Morgan fingerprint density at radius 1 is 1.14 bits per heavy atom. The third kappa shape index (κ3) is 3.79. The number of anilines is 1. The third-order valence-electron chi connectivity index (χ3n) is 3.30. The quantitative estimate of drug-likeness (QED) is 0.620. The number of para-hydroxylation sites is 1. The van der Waals surface area contributed by atoms with Crippen LogP contribution in [0.3, 0.4) is 0 Å². The molecule has 0 spiro atoms. The second-order valence-electron chi connectivity index (χ2n) is 4.71. The molecule has 0 bridgehead atoms. The molecule has 0 N–H and O–H groups in total. The second-order valence-corrected chi connectivity index (χ2v) is 5.59. The van der Waals surface area contributed by atoms with Gasteiger partial charge in [0.2, 0.25) is 0 Å². The summed E-state index contributed by atoms with van der Waals surface area (Å²) < 4.78 is 4.84. The Kier molecular flexibility index (Phi) is 5.28. The van der Waals surface area contributed by atoms with Crippen LogP contribution in [0.5, 0.6) is 0 Å². The Morgan fingerprint density at radius 2 is 1.81 bits per heavy atom. The molecule has 0 unspecified atom stereocenters. The molecule has 0 atom stereocenters. The lowest BCUT2D eigenvalue weighted by molar-refractivity contribution is 0.0601. The molecule has 0 aromatic heterocycles. The first-order chi connectivity index (χ1) is 10.2. The average molecular weight is 301 g/mol. The Bertz CT molecular complexity index is 610. The van der Waals surface area contributed by atoms with Gasteiger partial charge in [-0.2, -0.15) is 0 Å². The molecular weight excluding hydrogens is 282 g/mol. The van der Waals surface area contributed by atoms with Crippen LogP contribution in [0.2, 0.25) is 0 Å².